The third-order valence-electron chi connectivity index (χ3n) is 6.18. The highest BCUT2D eigenvalue weighted by Crippen LogP contribution is 2.38. The van der Waals surface area contributed by atoms with Gasteiger partial charge in [0.25, 0.3) is 5.91 Å². The quantitative estimate of drug-likeness (QED) is 0.380. The first-order valence-corrected chi connectivity index (χ1v) is 11.5. The molecule has 7 nitrogen and oxygen atoms in total. The first-order chi connectivity index (χ1) is 16.9. The average Bonchev–Trinajstić information content (AvgIpc) is 3.23. The Balaban J connectivity index is 1.69. The molecule has 1 heterocycles. The molecule has 3 aromatic carbocycles. The molecule has 1 atom stereocenters. The van der Waals surface area contributed by atoms with E-state index in [-0.39, 0.29) is 11.9 Å². The highest BCUT2D eigenvalue weighted by molar-refractivity contribution is 5.96. The number of hydrogen-bond donors (Lipinski definition) is 1. The Morgan fingerprint density at radius 1 is 0.971 bits per heavy atom. The minimum absolute atomic E-state index is 0.262. The van der Waals surface area contributed by atoms with Crippen molar-refractivity contribution in [2.45, 2.75) is 33.4 Å². The first-order valence-electron chi connectivity index (χ1n) is 11.5. The molecule has 0 aliphatic rings. The van der Waals surface area contributed by atoms with Crippen molar-refractivity contribution < 1.29 is 19.0 Å². The van der Waals surface area contributed by atoms with Crippen LogP contribution in [0, 0.1) is 13.8 Å². The van der Waals surface area contributed by atoms with Crippen LogP contribution in [0.3, 0.4) is 0 Å². The van der Waals surface area contributed by atoms with Crippen molar-refractivity contribution >= 4 is 16.9 Å². The summed E-state index contributed by atoms with van der Waals surface area (Å²) >= 11 is 0. The number of aromatic nitrogens is 2. The van der Waals surface area contributed by atoms with Gasteiger partial charge in [-0.25, -0.2) is 4.98 Å². The van der Waals surface area contributed by atoms with Gasteiger partial charge in [0.2, 0.25) is 5.75 Å². The molecule has 0 saturated heterocycles. The second-order valence-corrected chi connectivity index (χ2v) is 8.58. The Morgan fingerprint density at radius 3 is 2.31 bits per heavy atom. The summed E-state index contributed by atoms with van der Waals surface area (Å²) in [7, 11) is 4.58. The Kier molecular flexibility index (Phi) is 6.96. The number of amides is 1. The maximum Gasteiger partial charge on any atom is 0.252 e. The number of carbonyl (C=O) groups is 1. The van der Waals surface area contributed by atoms with Gasteiger partial charge in [-0.3, -0.25) is 4.79 Å². The monoisotopic (exact) mass is 473 g/mol. The number of benzene rings is 3. The molecule has 182 valence electrons. The van der Waals surface area contributed by atoms with E-state index in [9.17, 15) is 4.79 Å². The molecule has 0 saturated carbocycles. The number of nitrogens with zero attached hydrogens (tertiary/aromatic N) is 2. The molecule has 1 amide bonds. The fourth-order valence-corrected chi connectivity index (χ4v) is 4.29. The van der Waals surface area contributed by atoms with Crippen LogP contribution in [0.25, 0.3) is 11.0 Å². The molecule has 0 unspecified atom stereocenters. The van der Waals surface area contributed by atoms with Crippen LogP contribution in [0.2, 0.25) is 0 Å². The van der Waals surface area contributed by atoms with Gasteiger partial charge in [0, 0.05) is 12.1 Å². The van der Waals surface area contributed by atoms with Gasteiger partial charge in [0.1, 0.15) is 5.82 Å². The van der Waals surface area contributed by atoms with Crippen molar-refractivity contribution in [1.82, 2.24) is 14.9 Å². The van der Waals surface area contributed by atoms with Crippen LogP contribution >= 0.6 is 0 Å². The van der Waals surface area contributed by atoms with Crippen molar-refractivity contribution in [3.63, 3.8) is 0 Å². The van der Waals surface area contributed by atoms with Gasteiger partial charge < -0.3 is 24.1 Å². The number of para-hydroxylation sites is 2. The number of nitrogens with one attached hydrogen (secondary N) is 1. The van der Waals surface area contributed by atoms with E-state index in [2.05, 4.69) is 48.0 Å². The minimum Gasteiger partial charge on any atom is -0.493 e. The van der Waals surface area contributed by atoms with Crippen LogP contribution in [0.4, 0.5) is 0 Å². The number of methoxy groups -OCH3 is 3. The topological polar surface area (TPSA) is 74.6 Å². The molecule has 0 fully saturated rings. The smallest absolute Gasteiger partial charge is 0.252 e. The molecule has 0 bridgehead atoms. The largest absolute Gasteiger partial charge is 0.493 e. The van der Waals surface area contributed by atoms with Crippen LogP contribution in [-0.4, -0.2) is 36.8 Å². The predicted octanol–water partition coefficient (Wildman–Crippen LogP) is 5.22. The lowest BCUT2D eigenvalue weighted by atomic mass is 10.1. The van der Waals surface area contributed by atoms with Gasteiger partial charge in [0.05, 0.1) is 38.4 Å². The lowest BCUT2D eigenvalue weighted by molar-refractivity contribution is 0.0937. The van der Waals surface area contributed by atoms with Gasteiger partial charge in [-0.2, -0.15) is 0 Å². The molecule has 1 N–H and O–H groups in total. The van der Waals surface area contributed by atoms with Crippen molar-refractivity contribution in [2.24, 2.45) is 0 Å². The Labute approximate surface area is 205 Å². The molecule has 4 aromatic rings. The second-order valence-electron chi connectivity index (χ2n) is 8.58. The van der Waals surface area contributed by atoms with Crippen molar-refractivity contribution in [3.05, 3.63) is 82.7 Å². The maximum atomic E-state index is 13.2. The molecule has 0 aliphatic carbocycles. The van der Waals surface area contributed by atoms with E-state index in [1.165, 1.54) is 38.0 Å². The standard InChI is InChI=1S/C28H31N3O4/c1-17-11-12-18(2)21(13-17)16-31-23-10-8-7-9-22(23)30-27(31)19(3)29-28(32)20-14-24(33-4)26(35-6)25(15-20)34-5/h7-15,19H,16H2,1-6H3,(H,29,32)/t19-/m0/s1. The number of carbonyl (C=O) groups excluding carboxylic acids is 1. The molecule has 0 spiro atoms. The lowest BCUT2D eigenvalue weighted by Crippen LogP contribution is -2.29. The molecular weight excluding hydrogens is 442 g/mol. The van der Waals surface area contributed by atoms with E-state index >= 15 is 0 Å². The number of aryl methyl sites for hydroxylation is 2. The number of ether oxygens (including phenoxy) is 3. The van der Waals surface area contributed by atoms with E-state index in [0.29, 0.717) is 29.4 Å². The van der Waals surface area contributed by atoms with Gasteiger partial charge in [-0.15, -0.1) is 0 Å². The molecule has 7 heteroatoms. The summed E-state index contributed by atoms with van der Waals surface area (Å²) < 4.78 is 18.4. The van der Waals surface area contributed by atoms with E-state index in [1.807, 2.05) is 25.1 Å². The Hall–Kier alpha value is -4.00. The highest BCUT2D eigenvalue weighted by Gasteiger charge is 2.22. The van der Waals surface area contributed by atoms with Crippen LogP contribution in [0.15, 0.2) is 54.6 Å². The number of hydrogen-bond acceptors (Lipinski definition) is 5. The van der Waals surface area contributed by atoms with Crippen molar-refractivity contribution in [2.75, 3.05) is 21.3 Å². The van der Waals surface area contributed by atoms with E-state index < -0.39 is 0 Å². The fraction of sp³-hybridized carbons (Fsp3) is 0.286. The zero-order valence-electron chi connectivity index (χ0n) is 21.0. The summed E-state index contributed by atoms with van der Waals surface area (Å²) in [6.07, 6.45) is 0. The third-order valence-corrected chi connectivity index (χ3v) is 6.18. The van der Waals surface area contributed by atoms with Gasteiger partial charge >= 0.3 is 0 Å². The van der Waals surface area contributed by atoms with E-state index in [0.717, 1.165) is 16.9 Å². The van der Waals surface area contributed by atoms with Crippen LogP contribution in [0.5, 0.6) is 17.2 Å². The summed E-state index contributed by atoms with van der Waals surface area (Å²) in [6, 6.07) is 17.4. The Morgan fingerprint density at radius 2 is 1.66 bits per heavy atom. The van der Waals surface area contributed by atoms with Gasteiger partial charge in [0.15, 0.2) is 11.5 Å². The average molecular weight is 474 g/mol. The third kappa shape index (κ3) is 4.80. The highest BCUT2D eigenvalue weighted by atomic mass is 16.5. The summed E-state index contributed by atoms with van der Waals surface area (Å²) in [6.45, 7) is 6.81. The van der Waals surface area contributed by atoms with Gasteiger partial charge in [-0.1, -0.05) is 35.9 Å². The first kappa shape index (κ1) is 24.1. The van der Waals surface area contributed by atoms with E-state index in [4.69, 9.17) is 19.2 Å². The SMILES string of the molecule is COc1cc(C(=O)N[C@@H](C)c2nc3ccccc3n2Cc2cc(C)ccc2C)cc(OC)c1OC. The van der Waals surface area contributed by atoms with Crippen molar-refractivity contribution in [1.29, 1.82) is 0 Å². The molecule has 0 aliphatic heterocycles. The van der Waals surface area contributed by atoms with Gasteiger partial charge in [-0.05, 0) is 56.2 Å². The van der Waals surface area contributed by atoms with E-state index in [1.54, 1.807) is 12.1 Å². The number of imidazole rings is 1. The lowest BCUT2D eigenvalue weighted by Gasteiger charge is -2.19. The molecule has 0 radical (unpaired) electrons. The molecule has 4 rings (SSSR count). The minimum atomic E-state index is -0.348. The Bertz CT molecular complexity index is 1350. The maximum absolute atomic E-state index is 13.2. The van der Waals surface area contributed by atoms with Crippen LogP contribution in [-0.2, 0) is 6.54 Å². The normalized spacial score (nSPS) is 11.8. The summed E-state index contributed by atoms with van der Waals surface area (Å²) in [5, 5.41) is 3.09. The second kappa shape index (κ2) is 10.1. The van der Waals surface area contributed by atoms with Crippen LogP contribution < -0.4 is 19.5 Å². The van der Waals surface area contributed by atoms with Crippen LogP contribution in [0.1, 0.15) is 45.8 Å². The predicted molar refractivity (Wildman–Crippen MR) is 137 cm³/mol. The number of rotatable bonds is 8. The zero-order valence-corrected chi connectivity index (χ0v) is 21.0. The summed E-state index contributed by atoms with van der Waals surface area (Å²) in [4.78, 5) is 18.1. The molecule has 35 heavy (non-hydrogen) atoms. The zero-order chi connectivity index (χ0) is 25.1. The fourth-order valence-electron chi connectivity index (χ4n) is 4.29. The molecule has 1 aromatic heterocycles. The number of fused-ring (bicyclic) bond motifs is 1. The summed E-state index contributed by atoms with van der Waals surface area (Å²) in [5.41, 5.74) is 5.97. The summed E-state index contributed by atoms with van der Waals surface area (Å²) in [5.74, 6) is 1.81. The molecular formula is C28H31N3O4. The van der Waals surface area contributed by atoms with Crippen molar-refractivity contribution in [3.8, 4) is 17.2 Å².